The minimum atomic E-state index is -0.922. The van der Waals surface area contributed by atoms with Crippen LogP contribution in [0, 0.1) is 0 Å². The summed E-state index contributed by atoms with van der Waals surface area (Å²) < 4.78 is 1.51. The topological polar surface area (TPSA) is 32.6 Å². The van der Waals surface area contributed by atoms with E-state index in [1.165, 1.54) is 22.3 Å². The van der Waals surface area contributed by atoms with Crippen molar-refractivity contribution in [3.63, 3.8) is 0 Å². The van der Waals surface area contributed by atoms with E-state index in [2.05, 4.69) is 49.3 Å². The van der Waals surface area contributed by atoms with Crippen molar-refractivity contribution >= 4 is 48.6 Å². The second-order valence-electron chi connectivity index (χ2n) is 4.61. The van der Waals surface area contributed by atoms with Gasteiger partial charge in [0.05, 0.1) is 0 Å². The van der Waals surface area contributed by atoms with Crippen LogP contribution in [0.1, 0.15) is 12.0 Å². The third-order valence-electron chi connectivity index (χ3n) is 3.06. The van der Waals surface area contributed by atoms with Crippen LogP contribution in [-0.2, 0) is 0 Å². The monoisotopic (exact) mass is 377 g/mol. The Bertz CT molecular complexity index is 624. The van der Waals surface area contributed by atoms with Crippen molar-refractivity contribution in [2.24, 2.45) is 4.99 Å². The van der Waals surface area contributed by atoms with Crippen molar-refractivity contribution in [2.45, 2.75) is 6.42 Å². The van der Waals surface area contributed by atoms with Gasteiger partial charge >= 0.3 is 137 Å². The summed E-state index contributed by atoms with van der Waals surface area (Å²) >= 11 is -0.922. The molecule has 108 valence electrons. The summed E-state index contributed by atoms with van der Waals surface area (Å²) in [4.78, 5) is 4.44. The van der Waals surface area contributed by atoms with E-state index in [-0.39, 0.29) is 5.75 Å². The zero-order chi connectivity index (χ0) is 14.5. The van der Waals surface area contributed by atoms with Gasteiger partial charge in [-0.05, 0) is 0 Å². The van der Waals surface area contributed by atoms with Crippen LogP contribution < -0.4 is 4.35 Å². The summed E-state index contributed by atoms with van der Waals surface area (Å²) in [7, 11) is 4.34. The Hall–Kier alpha value is -0.832. The number of aromatic hydroxyl groups is 1. The summed E-state index contributed by atoms with van der Waals surface area (Å²) in [6.07, 6.45) is 3.07. The van der Waals surface area contributed by atoms with Gasteiger partial charge in [0.2, 0.25) is 0 Å². The molecule has 0 saturated carbocycles. The van der Waals surface area contributed by atoms with Crippen molar-refractivity contribution in [2.75, 3.05) is 11.5 Å². The third kappa shape index (κ3) is 4.09. The van der Waals surface area contributed by atoms with Gasteiger partial charge in [-0.1, -0.05) is 0 Å². The van der Waals surface area contributed by atoms with Crippen LogP contribution in [-0.4, -0.2) is 35.2 Å². The molecule has 1 saturated heterocycles. The van der Waals surface area contributed by atoms with Crippen molar-refractivity contribution in [3.8, 4) is 5.75 Å². The van der Waals surface area contributed by atoms with Gasteiger partial charge in [-0.3, -0.25) is 0 Å². The van der Waals surface area contributed by atoms with Crippen LogP contribution in [0.25, 0.3) is 0 Å². The molecule has 0 spiro atoms. The molecule has 0 aliphatic carbocycles. The first kappa shape index (κ1) is 15.1. The van der Waals surface area contributed by atoms with Crippen LogP contribution >= 0.6 is 20.0 Å². The molecule has 0 amide bonds. The maximum atomic E-state index is 9.71. The Morgan fingerprint density at radius 1 is 1.00 bits per heavy atom. The standard InChI is InChI=1S/C16H16AsNOS2/c19-16-5-2-1-4-13(16)12-18-15-8-6-14(7-9-15)17-20-10-3-11-21-17/h1-2,4-9,12,19H,3,10-11H2. The van der Waals surface area contributed by atoms with E-state index in [1.54, 1.807) is 12.3 Å². The normalized spacial score (nSPS) is 16.4. The Morgan fingerprint density at radius 3 is 2.43 bits per heavy atom. The average Bonchev–Trinajstić information content (AvgIpc) is 2.55. The van der Waals surface area contributed by atoms with E-state index in [1.807, 2.05) is 18.2 Å². The Balaban J connectivity index is 1.71. The SMILES string of the molecule is Oc1ccccc1C=Nc1ccc([As]2SCCCS2)cc1. The summed E-state index contributed by atoms with van der Waals surface area (Å²) in [6, 6.07) is 15.8. The molecule has 0 bridgehead atoms. The summed E-state index contributed by atoms with van der Waals surface area (Å²) in [6.45, 7) is 0. The third-order valence-corrected chi connectivity index (χ3v) is 16.7. The predicted octanol–water partition coefficient (Wildman–Crippen LogP) is 3.71. The average molecular weight is 377 g/mol. The molecular formula is C16H16AsNOS2. The molecule has 0 unspecified atom stereocenters. The molecule has 5 heteroatoms. The van der Waals surface area contributed by atoms with E-state index in [4.69, 9.17) is 0 Å². The van der Waals surface area contributed by atoms with Gasteiger partial charge in [0, 0.05) is 0 Å². The van der Waals surface area contributed by atoms with Gasteiger partial charge < -0.3 is 0 Å². The molecule has 1 aliphatic heterocycles. The molecule has 2 aromatic rings. The van der Waals surface area contributed by atoms with Gasteiger partial charge in [-0.2, -0.15) is 0 Å². The number of hydrogen-bond acceptors (Lipinski definition) is 4. The van der Waals surface area contributed by atoms with Gasteiger partial charge in [0.15, 0.2) is 0 Å². The quantitative estimate of drug-likeness (QED) is 0.654. The second-order valence-corrected chi connectivity index (χ2v) is 16.4. The minimum absolute atomic E-state index is 0.264. The Morgan fingerprint density at radius 2 is 1.71 bits per heavy atom. The van der Waals surface area contributed by atoms with E-state index in [0.29, 0.717) is 0 Å². The molecule has 2 aromatic carbocycles. The number of benzene rings is 2. The summed E-state index contributed by atoms with van der Waals surface area (Å²) in [5, 5.41) is 9.71. The maximum absolute atomic E-state index is 9.71. The van der Waals surface area contributed by atoms with Crippen LogP contribution in [0.3, 0.4) is 0 Å². The number of hydrogen-bond donors (Lipinski definition) is 1. The summed E-state index contributed by atoms with van der Waals surface area (Å²) in [5.74, 6) is 2.90. The first-order valence-corrected chi connectivity index (χ1v) is 14.2. The number of nitrogens with zero attached hydrogens (tertiary/aromatic N) is 1. The van der Waals surface area contributed by atoms with Crippen molar-refractivity contribution in [3.05, 3.63) is 54.1 Å². The zero-order valence-electron chi connectivity index (χ0n) is 11.5. The molecular weight excluding hydrogens is 361 g/mol. The Labute approximate surface area is 136 Å². The van der Waals surface area contributed by atoms with E-state index < -0.39 is 12.3 Å². The molecule has 1 heterocycles. The van der Waals surface area contributed by atoms with Crippen LogP contribution in [0.2, 0.25) is 0 Å². The number of para-hydroxylation sites is 1. The van der Waals surface area contributed by atoms with Gasteiger partial charge in [-0.15, -0.1) is 0 Å². The van der Waals surface area contributed by atoms with Gasteiger partial charge in [0.25, 0.3) is 0 Å². The predicted molar refractivity (Wildman–Crippen MR) is 96.7 cm³/mol. The molecule has 2 nitrogen and oxygen atoms in total. The number of phenolic OH excluding ortho intramolecular Hbond substituents is 1. The van der Waals surface area contributed by atoms with Crippen LogP contribution in [0.5, 0.6) is 5.75 Å². The molecule has 0 radical (unpaired) electrons. The molecule has 1 aliphatic rings. The van der Waals surface area contributed by atoms with Crippen molar-refractivity contribution in [1.29, 1.82) is 0 Å². The second kappa shape index (κ2) is 7.44. The van der Waals surface area contributed by atoms with Gasteiger partial charge in [-0.25, -0.2) is 0 Å². The first-order chi connectivity index (χ1) is 10.3. The molecule has 3 rings (SSSR count). The van der Waals surface area contributed by atoms with Crippen molar-refractivity contribution < 1.29 is 5.11 Å². The fraction of sp³-hybridized carbons (Fsp3) is 0.188. The number of aliphatic imine (C=N–C) groups is 1. The van der Waals surface area contributed by atoms with E-state index in [0.717, 1.165) is 11.3 Å². The molecule has 21 heavy (non-hydrogen) atoms. The van der Waals surface area contributed by atoms with Crippen LogP contribution in [0.4, 0.5) is 5.69 Å². The van der Waals surface area contributed by atoms with Crippen LogP contribution in [0.15, 0.2) is 53.5 Å². The number of phenols is 1. The van der Waals surface area contributed by atoms with E-state index >= 15 is 0 Å². The van der Waals surface area contributed by atoms with Crippen molar-refractivity contribution in [1.82, 2.24) is 0 Å². The molecule has 0 aromatic heterocycles. The fourth-order valence-electron chi connectivity index (χ4n) is 1.94. The van der Waals surface area contributed by atoms with E-state index in [9.17, 15) is 5.11 Å². The molecule has 1 N–H and O–H groups in total. The molecule has 1 fully saturated rings. The number of rotatable bonds is 3. The van der Waals surface area contributed by atoms with Gasteiger partial charge in [0.1, 0.15) is 0 Å². The zero-order valence-corrected chi connectivity index (χ0v) is 15.0. The molecule has 0 atom stereocenters. The summed E-state index contributed by atoms with van der Waals surface area (Å²) in [5.41, 5.74) is 1.68. The Kier molecular flexibility index (Phi) is 5.34. The first-order valence-electron chi connectivity index (χ1n) is 6.81. The fourth-order valence-corrected chi connectivity index (χ4v) is 15.0.